The van der Waals surface area contributed by atoms with Crippen LogP contribution in [0.3, 0.4) is 0 Å². The summed E-state index contributed by atoms with van der Waals surface area (Å²) in [5, 5.41) is 0. The van der Waals surface area contributed by atoms with Crippen LogP contribution in [0.1, 0.15) is 39.2 Å². The van der Waals surface area contributed by atoms with Gasteiger partial charge in [-0.2, -0.15) is 0 Å². The Morgan fingerprint density at radius 2 is 2.28 bits per heavy atom. The van der Waals surface area contributed by atoms with Gasteiger partial charge in [-0.05, 0) is 46.7 Å². The largest absolute Gasteiger partial charge is 0.369 e. The van der Waals surface area contributed by atoms with Gasteiger partial charge in [0.15, 0.2) is 5.65 Å². The average Bonchev–Trinajstić information content (AvgIpc) is 2.77. The van der Waals surface area contributed by atoms with Crippen molar-refractivity contribution in [3.05, 3.63) is 16.7 Å². The number of hydrogen-bond donors (Lipinski definition) is 1. The molecule has 1 aliphatic carbocycles. The Labute approximate surface area is 115 Å². The lowest BCUT2D eigenvalue weighted by atomic mass is 9.92. The van der Waals surface area contributed by atoms with Crippen LogP contribution in [-0.4, -0.2) is 14.5 Å². The second kappa shape index (κ2) is 3.95. The highest BCUT2D eigenvalue weighted by Crippen LogP contribution is 2.45. The minimum Gasteiger partial charge on any atom is -0.369 e. The van der Waals surface area contributed by atoms with Crippen molar-refractivity contribution < 1.29 is 0 Å². The van der Waals surface area contributed by atoms with Crippen molar-refractivity contribution in [2.24, 2.45) is 5.41 Å². The van der Waals surface area contributed by atoms with E-state index >= 15 is 0 Å². The van der Waals surface area contributed by atoms with Crippen LogP contribution in [0, 0.1) is 5.41 Å². The minimum absolute atomic E-state index is 0.392. The lowest BCUT2D eigenvalue weighted by Crippen LogP contribution is -2.12. The first kappa shape index (κ1) is 12.0. The predicted molar refractivity (Wildman–Crippen MR) is 76.3 cm³/mol. The van der Waals surface area contributed by atoms with Crippen LogP contribution in [0.5, 0.6) is 0 Å². The van der Waals surface area contributed by atoms with Gasteiger partial charge in [-0.15, -0.1) is 0 Å². The first-order valence-electron chi connectivity index (χ1n) is 6.25. The number of nitrogen functional groups attached to an aromatic ring is 1. The van der Waals surface area contributed by atoms with Crippen molar-refractivity contribution >= 4 is 33.0 Å². The molecule has 18 heavy (non-hydrogen) atoms. The number of aromatic nitrogens is 3. The number of pyridine rings is 1. The molecular weight excluding hydrogens is 292 g/mol. The van der Waals surface area contributed by atoms with Gasteiger partial charge in [0.05, 0.1) is 0 Å². The molecule has 2 N–H and O–H groups in total. The average molecular weight is 309 g/mol. The fourth-order valence-electron chi connectivity index (χ4n) is 2.95. The van der Waals surface area contributed by atoms with Gasteiger partial charge in [0.25, 0.3) is 0 Å². The summed E-state index contributed by atoms with van der Waals surface area (Å²) in [7, 11) is 0. The Hall–Kier alpha value is -1.10. The molecule has 2 aromatic heterocycles. The number of hydrogen-bond acceptors (Lipinski definition) is 3. The summed E-state index contributed by atoms with van der Waals surface area (Å²) in [6.45, 7) is 4.62. The van der Waals surface area contributed by atoms with Crippen molar-refractivity contribution in [3.8, 4) is 0 Å². The first-order valence-corrected chi connectivity index (χ1v) is 7.04. The number of nitrogens with zero attached hydrogens (tertiary/aromatic N) is 3. The van der Waals surface area contributed by atoms with E-state index in [-0.39, 0.29) is 0 Å². The summed E-state index contributed by atoms with van der Waals surface area (Å²) >= 11 is 3.42. The summed E-state index contributed by atoms with van der Waals surface area (Å²) in [4.78, 5) is 8.88. The normalized spacial score (nSPS) is 22.7. The van der Waals surface area contributed by atoms with E-state index in [9.17, 15) is 0 Å². The number of halogens is 1. The molecule has 2 aromatic rings. The molecule has 1 unspecified atom stereocenters. The fourth-order valence-corrected chi connectivity index (χ4v) is 3.27. The van der Waals surface area contributed by atoms with Gasteiger partial charge in [-0.3, -0.25) is 4.57 Å². The zero-order chi connectivity index (χ0) is 12.9. The molecule has 0 aliphatic heterocycles. The Kier molecular flexibility index (Phi) is 2.62. The van der Waals surface area contributed by atoms with Crippen molar-refractivity contribution in [1.29, 1.82) is 0 Å². The number of nitrogens with two attached hydrogens (primary N) is 1. The summed E-state index contributed by atoms with van der Waals surface area (Å²) in [5.74, 6) is 0.582. The molecule has 96 valence electrons. The van der Waals surface area contributed by atoms with Crippen LogP contribution in [0.15, 0.2) is 16.7 Å². The quantitative estimate of drug-likeness (QED) is 0.877. The second-order valence-electron chi connectivity index (χ2n) is 5.90. The van der Waals surface area contributed by atoms with Crippen LogP contribution >= 0.6 is 15.9 Å². The van der Waals surface area contributed by atoms with E-state index < -0.39 is 0 Å². The summed E-state index contributed by atoms with van der Waals surface area (Å²) in [6.07, 6.45) is 5.33. The Morgan fingerprint density at radius 1 is 1.50 bits per heavy atom. The molecule has 0 bridgehead atoms. The van der Waals surface area contributed by atoms with Gasteiger partial charge >= 0.3 is 0 Å². The standard InChI is InChI=1S/C13H17BrN4/c1-13(2)4-3-9(6-13)18-11-10(17-12(18)15)5-8(14)7-16-11/h5,7,9H,3-4,6H2,1-2H3,(H2,15,17). The summed E-state index contributed by atoms with van der Waals surface area (Å²) in [5.41, 5.74) is 8.23. The van der Waals surface area contributed by atoms with Crippen LogP contribution in [0.4, 0.5) is 5.95 Å². The maximum absolute atomic E-state index is 6.07. The smallest absolute Gasteiger partial charge is 0.202 e. The van der Waals surface area contributed by atoms with Gasteiger partial charge < -0.3 is 5.73 Å². The number of fused-ring (bicyclic) bond motifs is 1. The monoisotopic (exact) mass is 308 g/mol. The fraction of sp³-hybridized carbons (Fsp3) is 0.538. The Bertz CT molecular complexity index is 602. The van der Waals surface area contributed by atoms with E-state index in [0.29, 0.717) is 17.4 Å². The molecule has 3 rings (SSSR count). The van der Waals surface area contributed by atoms with Crippen molar-refractivity contribution in [1.82, 2.24) is 14.5 Å². The Morgan fingerprint density at radius 3 is 2.94 bits per heavy atom. The SMILES string of the molecule is CC1(C)CCC(n2c(N)nc3cc(Br)cnc32)C1. The van der Waals surface area contributed by atoms with E-state index in [1.807, 2.05) is 6.07 Å². The lowest BCUT2D eigenvalue weighted by molar-refractivity contribution is 0.361. The predicted octanol–water partition coefficient (Wildman–Crippen LogP) is 3.53. The van der Waals surface area contributed by atoms with E-state index in [1.54, 1.807) is 6.20 Å². The number of imidazole rings is 1. The molecular formula is C13H17BrN4. The molecule has 0 aromatic carbocycles. The van der Waals surface area contributed by atoms with E-state index in [0.717, 1.165) is 28.5 Å². The third-order valence-corrected chi connectivity index (χ3v) is 4.27. The molecule has 4 nitrogen and oxygen atoms in total. The van der Waals surface area contributed by atoms with Gasteiger partial charge in [-0.25, -0.2) is 9.97 Å². The molecule has 2 heterocycles. The molecule has 1 saturated carbocycles. The maximum atomic E-state index is 6.07. The summed E-state index contributed by atoms with van der Waals surface area (Å²) < 4.78 is 3.04. The van der Waals surface area contributed by atoms with Gasteiger partial charge in [0.1, 0.15) is 5.52 Å². The van der Waals surface area contributed by atoms with Crippen molar-refractivity contribution in [3.63, 3.8) is 0 Å². The van der Waals surface area contributed by atoms with E-state index in [2.05, 4.69) is 44.3 Å². The molecule has 5 heteroatoms. The van der Waals surface area contributed by atoms with Crippen LogP contribution < -0.4 is 5.73 Å². The van der Waals surface area contributed by atoms with Gasteiger partial charge in [-0.1, -0.05) is 13.8 Å². The van der Waals surface area contributed by atoms with Gasteiger partial charge in [0.2, 0.25) is 5.95 Å². The zero-order valence-electron chi connectivity index (χ0n) is 10.7. The molecule has 1 fully saturated rings. The van der Waals surface area contributed by atoms with Crippen LogP contribution in [0.2, 0.25) is 0 Å². The number of rotatable bonds is 1. The Balaban J connectivity index is 2.09. The number of anilines is 1. The highest BCUT2D eigenvalue weighted by molar-refractivity contribution is 9.10. The van der Waals surface area contributed by atoms with Crippen LogP contribution in [-0.2, 0) is 0 Å². The zero-order valence-corrected chi connectivity index (χ0v) is 12.2. The van der Waals surface area contributed by atoms with Gasteiger partial charge in [0, 0.05) is 16.7 Å². The third-order valence-electron chi connectivity index (χ3n) is 3.83. The molecule has 0 spiro atoms. The molecule has 1 atom stereocenters. The van der Waals surface area contributed by atoms with E-state index in [4.69, 9.17) is 5.73 Å². The van der Waals surface area contributed by atoms with Crippen LogP contribution in [0.25, 0.3) is 11.2 Å². The lowest BCUT2D eigenvalue weighted by Gasteiger charge is -2.18. The third kappa shape index (κ3) is 1.90. The molecule has 0 saturated heterocycles. The highest BCUT2D eigenvalue weighted by Gasteiger charge is 2.33. The second-order valence-corrected chi connectivity index (χ2v) is 6.81. The molecule has 0 amide bonds. The minimum atomic E-state index is 0.392. The molecule has 0 radical (unpaired) electrons. The van der Waals surface area contributed by atoms with Crippen molar-refractivity contribution in [2.75, 3.05) is 5.73 Å². The maximum Gasteiger partial charge on any atom is 0.202 e. The first-order chi connectivity index (χ1) is 8.46. The topological polar surface area (TPSA) is 56.7 Å². The van der Waals surface area contributed by atoms with Crippen molar-refractivity contribution in [2.45, 2.75) is 39.2 Å². The molecule has 1 aliphatic rings. The highest BCUT2D eigenvalue weighted by atomic mass is 79.9. The van der Waals surface area contributed by atoms with E-state index in [1.165, 1.54) is 6.42 Å². The summed E-state index contributed by atoms with van der Waals surface area (Å²) in [6, 6.07) is 2.40.